The first kappa shape index (κ1) is 14.9. The van der Waals surface area contributed by atoms with Crippen LogP contribution in [0, 0.1) is 0 Å². The van der Waals surface area contributed by atoms with E-state index in [9.17, 15) is 4.79 Å². The molecule has 5 nitrogen and oxygen atoms in total. The molecule has 3 N–H and O–H groups in total. The Bertz CT molecular complexity index is 479. The number of anilines is 1. The largest absolute Gasteiger partial charge is 0.397 e. The molecule has 1 aliphatic rings. The molecule has 1 aromatic heterocycles. The third-order valence-electron chi connectivity index (χ3n) is 3.65. The third-order valence-corrected chi connectivity index (χ3v) is 3.65. The van der Waals surface area contributed by atoms with Crippen molar-refractivity contribution in [3.8, 4) is 0 Å². The van der Waals surface area contributed by atoms with Gasteiger partial charge in [0.2, 0.25) is 0 Å². The van der Waals surface area contributed by atoms with Crippen molar-refractivity contribution >= 4 is 11.6 Å². The summed E-state index contributed by atoms with van der Waals surface area (Å²) in [5.74, 6) is -0.0437. The molecule has 0 aromatic carbocycles. The zero-order valence-corrected chi connectivity index (χ0v) is 12.6. The Morgan fingerprint density at radius 3 is 3.00 bits per heavy atom. The maximum atomic E-state index is 12.4. The van der Waals surface area contributed by atoms with Gasteiger partial charge in [-0.3, -0.25) is 4.79 Å². The van der Waals surface area contributed by atoms with Gasteiger partial charge in [0.05, 0.1) is 11.3 Å². The SMILES string of the molecule is CCCn1cc(N)cc1C(=O)NC1CCOC(C)(C)C1. The molecule has 2 rings (SSSR count). The van der Waals surface area contributed by atoms with Crippen LogP contribution >= 0.6 is 0 Å². The van der Waals surface area contributed by atoms with Crippen molar-refractivity contribution in [2.45, 2.75) is 58.2 Å². The molecule has 0 spiro atoms. The predicted octanol–water partition coefficient (Wildman–Crippen LogP) is 2.17. The second-order valence-electron chi connectivity index (χ2n) is 6.12. The summed E-state index contributed by atoms with van der Waals surface area (Å²) in [7, 11) is 0. The van der Waals surface area contributed by atoms with Crippen LogP contribution in [-0.4, -0.2) is 28.7 Å². The van der Waals surface area contributed by atoms with Gasteiger partial charge in [0, 0.05) is 25.4 Å². The maximum absolute atomic E-state index is 12.4. The van der Waals surface area contributed by atoms with E-state index in [1.54, 1.807) is 6.07 Å². The Kier molecular flexibility index (Phi) is 4.38. The molecular formula is C15H25N3O2. The Hall–Kier alpha value is -1.49. The number of ether oxygens (including phenoxy) is 1. The van der Waals surface area contributed by atoms with Crippen LogP contribution in [0.2, 0.25) is 0 Å². The van der Waals surface area contributed by atoms with E-state index in [0.717, 1.165) is 25.8 Å². The third kappa shape index (κ3) is 3.54. The molecule has 5 heteroatoms. The quantitative estimate of drug-likeness (QED) is 0.887. The molecule has 0 bridgehead atoms. The Morgan fingerprint density at radius 1 is 1.60 bits per heavy atom. The highest BCUT2D eigenvalue weighted by molar-refractivity contribution is 5.94. The van der Waals surface area contributed by atoms with Gasteiger partial charge >= 0.3 is 0 Å². The van der Waals surface area contributed by atoms with Gasteiger partial charge in [0.25, 0.3) is 5.91 Å². The van der Waals surface area contributed by atoms with E-state index in [2.05, 4.69) is 26.1 Å². The summed E-state index contributed by atoms with van der Waals surface area (Å²) in [4.78, 5) is 12.4. The van der Waals surface area contributed by atoms with Crippen molar-refractivity contribution in [2.24, 2.45) is 0 Å². The average molecular weight is 279 g/mol. The van der Waals surface area contributed by atoms with E-state index in [-0.39, 0.29) is 17.6 Å². The van der Waals surface area contributed by atoms with Gasteiger partial charge in [-0.15, -0.1) is 0 Å². The molecule has 1 atom stereocenters. The van der Waals surface area contributed by atoms with Gasteiger partial charge in [0.15, 0.2) is 0 Å². The van der Waals surface area contributed by atoms with Crippen LogP contribution in [0.25, 0.3) is 0 Å². The van der Waals surface area contributed by atoms with Crippen molar-refractivity contribution in [1.82, 2.24) is 9.88 Å². The molecule has 0 aliphatic carbocycles. The number of carbonyl (C=O) groups excluding carboxylic acids is 1. The fourth-order valence-electron chi connectivity index (χ4n) is 2.76. The van der Waals surface area contributed by atoms with Crippen molar-refractivity contribution in [3.05, 3.63) is 18.0 Å². The second-order valence-corrected chi connectivity index (χ2v) is 6.12. The molecule has 1 saturated heterocycles. The maximum Gasteiger partial charge on any atom is 0.268 e. The topological polar surface area (TPSA) is 69.3 Å². The Balaban J connectivity index is 2.04. The lowest BCUT2D eigenvalue weighted by molar-refractivity contribution is -0.0615. The number of carbonyl (C=O) groups is 1. The standard InChI is InChI=1S/C15H25N3O2/c1-4-6-18-10-11(16)8-13(18)14(19)17-12-5-7-20-15(2,3)9-12/h8,10,12H,4-7,9,16H2,1-3H3,(H,17,19). The molecule has 1 amide bonds. The molecular weight excluding hydrogens is 254 g/mol. The number of aryl methyl sites for hydroxylation is 1. The minimum absolute atomic E-state index is 0.0437. The van der Waals surface area contributed by atoms with Gasteiger partial charge < -0.3 is 20.4 Å². The van der Waals surface area contributed by atoms with Crippen LogP contribution < -0.4 is 11.1 Å². The minimum Gasteiger partial charge on any atom is -0.397 e. The highest BCUT2D eigenvalue weighted by Crippen LogP contribution is 2.24. The number of nitrogen functional groups attached to an aromatic ring is 1. The van der Waals surface area contributed by atoms with Crippen molar-refractivity contribution in [2.75, 3.05) is 12.3 Å². The Labute approximate surface area is 120 Å². The minimum atomic E-state index is -0.166. The first-order chi connectivity index (χ1) is 9.41. The number of rotatable bonds is 4. The predicted molar refractivity (Wildman–Crippen MR) is 79.7 cm³/mol. The smallest absolute Gasteiger partial charge is 0.268 e. The fourth-order valence-corrected chi connectivity index (χ4v) is 2.76. The van der Waals surface area contributed by atoms with E-state index in [0.29, 0.717) is 18.0 Å². The first-order valence-corrected chi connectivity index (χ1v) is 7.32. The van der Waals surface area contributed by atoms with Gasteiger partial charge in [-0.25, -0.2) is 0 Å². The Morgan fingerprint density at radius 2 is 2.35 bits per heavy atom. The lowest BCUT2D eigenvalue weighted by atomic mass is 9.94. The summed E-state index contributed by atoms with van der Waals surface area (Å²) >= 11 is 0. The van der Waals surface area contributed by atoms with Crippen LogP contribution in [0.4, 0.5) is 5.69 Å². The van der Waals surface area contributed by atoms with E-state index in [1.807, 2.05) is 10.8 Å². The monoisotopic (exact) mass is 279 g/mol. The van der Waals surface area contributed by atoms with Crippen molar-refractivity contribution in [3.63, 3.8) is 0 Å². The van der Waals surface area contributed by atoms with Crippen LogP contribution in [-0.2, 0) is 11.3 Å². The van der Waals surface area contributed by atoms with Crippen LogP contribution in [0.5, 0.6) is 0 Å². The fraction of sp³-hybridized carbons (Fsp3) is 0.667. The highest BCUT2D eigenvalue weighted by atomic mass is 16.5. The van der Waals surface area contributed by atoms with E-state index < -0.39 is 0 Å². The van der Waals surface area contributed by atoms with Gasteiger partial charge in [0.1, 0.15) is 5.69 Å². The molecule has 0 saturated carbocycles. The first-order valence-electron chi connectivity index (χ1n) is 7.32. The summed E-state index contributed by atoms with van der Waals surface area (Å²) in [6, 6.07) is 1.91. The van der Waals surface area contributed by atoms with E-state index in [1.165, 1.54) is 0 Å². The number of hydrogen-bond donors (Lipinski definition) is 2. The van der Waals surface area contributed by atoms with Crippen molar-refractivity contribution in [1.29, 1.82) is 0 Å². The summed E-state index contributed by atoms with van der Waals surface area (Å²) in [6.45, 7) is 7.69. The van der Waals surface area contributed by atoms with Gasteiger partial charge in [-0.2, -0.15) is 0 Å². The number of aromatic nitrogens is 1. The van der Waals surface area contributed by atoms with Crippen molar-refractivity contribution < 1.29 is 9.53 Å². The molecule has 1 fully saturated rings. The molecule has 2 heterocycles. The highest BCUT2D eigenvalue weighted by Gasteiger charge is 2.30. The number of nitrogens with two attached hydrogens (primary N) is 1. The summed E-state index contributed by atoms with van der Waals surface area (Å²) in [6.07, 6.45) is 4.49. The second kappa shape index (κ2) is 5.87. The molecule has 1 aromatic rings. The normalized spacial score (nSPS) is 21.6. The van der Waals surface area contributed by atoms with E-state index >= 15 is 0 Å². The lowest BCUT2D eigenvalue weighted by Gasteiger charge is -2.35. The number of hydrogen-bond acceptors (Lipinski definition) is 3. The molecule has 112 valence electrons. The summed E-state index contributed by atoms with van der Waals surface area (Å²) in [5.41, 5.74) is 6.92. The average Bonchev–Trinajstić information content (AvgIpc) is 2.69. The molecule has 0 radical (unpaired) electrons. The molecule has 1 unspecified atom stereocenters. The lowest BCUT2D eigenvalue weighted by Crippen LogP contribution is -2.46. The summed E-state index contributed by atoms with van der Waals surface area (Å²) in [5, 5.41) is 3.11. The summed E-state index contributed by atoms with van der Waals surface area (Å²) < 4.78 is 7.60. The molecule has 1 aliphatic heterocycles. The van der Waals surface area contributed by atoms with Gasteiger partial charge in [-0.1, -0.05) is 6.92 Å². The number of nitrogens with zero attached hydrogens (tertiary/aromatic N) is 1. The van der Waals surface area contributed by atoms with Crippen LogP contribution in [0.15, 0.2) is 12.3 Å². The van der Waals surface area contributed by atoms with Crippen LogP contribution in [0.3, 0.4) is 0 Å². The number of nitrogens with one attached hydrogen (secondary N) is 1. The molecule has 20 heavy (non-hydrogen) atoms. The zero-order valence-electron chi connectivity index (χ0n) is 12.6. The van der Waals surface area contributed by atoms with Crippen LogP contribution in [0.1, 0.15) is 50.5 Å². The number of amides is 1. The van der Waals surface area contributed by atoms with Gasteiger partial charge in [-0.05, 0) is 39.2 Å². The zero-order chi connectivity index (χ0) is 14.8. The van der Waals surface area contributed by atoms with E-state index in [4.69, 9.17) is 10.5 Å².